The minimum absolute atomic E-state index is 0.157. The Morgan fingerprint density at radius 3 is 2.32 bits per heavy atom. The molecule has 0 heterocycles. The van der Waals surface area contributed by atoms with Gasteiger partial charge in [0.15, 0.2) is 0 Å². The molecule has 1 aromatic carbocycles. The number of rotatable bonds is 7. The summed E-state index contributed by atoms with van der Waals surface area (Å²) in [4.78, 5) is 25.7. The van der Waals surface area contributed by atoms with Gasteiger partial charge < -0.3 is 9.84 Å². The standard InChI is InChI=1S/C20H27NO4/c1-6-13-21(19(24)25-20(3,4)5)16(7-2)14-17(18(22)23)15-11-9-8-10-12-15/h6,8-12,14,16H,1,7,13H2,2-5H3,(H,22,23)/b17-14-. The van der Waals surface area contributed by atoms with E-state index in [4.69, 9.17) is 4.74 Å². The lowest BCUT2D eigenvalue weighted by molar-refractivity contribution is -0.130. The number of carboxylic acids is 1. The van der Waals surface area contributed by atoms with E-state index >= 15 is 0 Å². The van der Waals surface area contributed by atoms with E-state index in [0.717, 1.165) is 0 Å². The highest BCUT2D eigenvalue weighted by molar-refractivity contribution is 6.15. The molecular formula is C20H27NO4. The molecule has 0 aliphatic rings. The van der Waals surface area contributed by atoms with Crippen LogP contribution in [0, 0.1) is 0 Å². The Morgan fingerprint density at radius 2 is 1.88 bits per heavy atom. The Labute approximate surface area is 149 Å². The zero-order chi connectivity index (χ0) is 19.0. The molecule has 1 N–H and O–H groups in total. The molecule has 1 atom stereocenters. The second kappa shape index (κ2) is 9.06. The fourth-order valence-corrected chi connectivity index (χ4v) is 2.33. The van der Waals surface area contributed by atoms with Crippen molar-refractivity contribution in [3.05, 3.63) is 54.6 Å². The number of hydrogen-bond donors (Lipinski definition) is 1. The molecule has 0 aliphatic carbocycles. The molecule has 25 heavy (non-hydrogen) atoms. The number of hydrogen-bond acceptors (Lipinski definition) is 3. The van der Waals surface area contributed by atoms with E-state index in [9.17, 15) is 14.7 Å². The molecule has 1 unspecified atom stereocenters. The topological polar surface area (TPSA) is 66.8 Å². The van der Waals surface area contributed by atoms with Gasteiger partial charge in [-0.1, -0.05) is 43.3 Å². The number of benzene rings is 1. The zero-order valence-electron chi connectivity index (χ0n) is 15.4. The van der Waals surface area contributed by atoms with Crippen LogP contribution in [0.3, 0.4) is 0 Å². The largest absolute Gasteiger partial charge is 0.478 e. The minimum atomic E-state index is -1.03. The van der Waals surface area contributed by atoms with Crippen LogP contribution in [0.4, 0.5) is 4.79 Å². The smallest absolute Gasteiger partial charge is 0.411 e. The van der Waals surface area contributed by atoms with E-state index in [2.05, 4.69) is 6.58 Å². The van der Waals surface area contributed by atoms with Crippen LogP contribution in [0.1, 0.15) is 39.7 Å². The summed E-state index contributed by atoms with van der Waals surface area (Å²) in [7, 11) is 0. The number of amides is 1. The summed E-state index contributed by atoms with van der Waals surface area (Å²) in [5.74, 6) is -1.03. The highest BCUT2D eigenvalue weighted by Crippen LogP contribution is 2.20. The van der Waals surface area contributed by atoms with E-state index in [1.54, 1.807) is 57.2 Å². The Hall–Kier alpha value is -2.56. The van der Waals surface area contributed by atoms with Gasteiger partial charge in [0.25, 0.3) is 0 Å². The first-order valence-electron chi connectivity index (χ1n) is 8.30. The van der Waals surface area contributed by atoms with Gasteiger partial charge in [0.2, 0.25) is 0 Å². The van der Waals surface area contributed by atoms with Crippen molar-refractivity contribution in [3.8, 4) is 0 Å². The van der Waals surface area contributed by atoms with Crippen molar-refractivity contribution in [2.75, 3.05) is 6.54 Å². The van der Waals surface area contributed by atoms with Crippen LogP contribution in [0.15, 0.2) is 49.1 Å². The lowest BCUT2D eigenvalue weighted by Crippen LogP contribution is -2.42. The third-order valence-electron chi connectivity index (χ3n) is 3.45. The van der Waals surface area contributed by atoms with Crippen LogP contribution in [0.5, 0.6) is 0 Å². The first-order chi connectivity index (χ1) is 11.7. The fraction of sp³-hybridized carbons (Fsp3) is 0.400. The Bertz CT molecular complexity index is 629. The SMILES string of the molecule is C=CCN(C(=O)OC(C)(C)C)C(/C=C(\C(=O)O)c1ccccc1)CC. The predicted molar refractivity (Wildman–Crippen MR) is 99.3 cm³/mol. The first kappa shape index (κ1) is 20.5. The fourth-order valence-electron chi connectivity index (χ4n) is 2.33. The molecule has 0 radical (unpaired) electrons. The van der Waals surface area contributed by atoms with Crippen molar-refractivity contribution in [3.63, 3.8) is 0 Å². The van der Waals surface area contributed by atoms with Gasteiger partial charge in [-0.15, -0.1) is 6.58 Å². The maximum Gasteiger partial charge on any atom is 0.411 e. The summed E-state index contributed by atoms with van der Waals surface area (Å²) in [6.07, 6.45) is 3.26. The van der Waals surface area contributed by atoms with Gasteiger partial charge in [0, 0.05) is 6.54 Å². The summed E-state index contributed by atoms with van der Waals surface area (Å²) >= 11 is 0. The van der Waals surface area contributed by atoms with Gasteiger partial charge in [-0.05, 0) is 38.8 Å². The molecule has 1 aromatic rings. The number of carbonyl (C=O) groups is 2. The molecule has 5 heteroatoms. The van der Waals surface area contributed by atoms with Crippen molar-refractivity contribution in [2.45, 2.75) is 45.8 Å². The van der Waals surface area contributed by atoms with Crippen LogP contribution >= 0.6 is 0 Å². The average Bonchev–Trinajstić information content (AvgIpc) is 2.53. The van der Waals surface area contributed by atoms with Gasteiger partial charge in [-0.3, -0.25) is 4.90 Å². The van der Waals surface area contributed by atoms with Crippen LogP contribution in [0.25, 0.3) is 5.57 Å². The van der Waals surface area contributed by atoms with Crippen LogP contribution in [0.2, 0.25) is 0 Å². The third kappa shape index (κ3) is 6.45. The Kier molecular flexibility index (Phi) is 7.43. The molecule has 0 fully saturated rings. The molecule has 0 spiro atoms. The van der Waals surface area contributed by atoms with Gasteiger partial charge in [-0.2, -0.15) is 0 Å². The summed E-state index contributed by atoms with van der Waals surface area (Å²) in [6, 6.07) is 8.44. The number of nitrogens with zero attached hydrogens (tertiary/aromatic N) is 1. The second-order valence-electron chi connectivity index (χ2n) is 6.65. The van der Waals surface area contributed by atoms with E-state index in [0.29, 0.717) is 12.0 Å². The maximum absolute atomic E-state index is 12.5. The molecule has 1 amide bonds. The molecule has 0 aliphatic heterocycles. The molecule has 0 saturated heterocycles. The van der Waals surface area contributed by atoms with Crippen LogP contribution in [-0.4, -0.2) is 40.3 Å². The predicted octanol–water partition coefficient (Wildman–Crippen LogP) is 4.36. The lowest BCUT2D eigenvalue weighted by atomic mass is 10.0. The van der Waals surface area contributed by atoms with Crippen LogP contribution in [-0.2, 0) is 9.53 Å². The summed E-state index contributed by atoms with van der Waals surface area (Å²) in [5, 5.41) is 9.58. The van der Waals surface area contributed by atoms with Crippen molar-refractivity contribution >= 4 is 17.6 Å². The molecule has 5 nitrogen and oxygen atoms in total. The van der Waals surface area contributed by atoms with E-state index in [1.165, 1.54) is 4.90 Å². The third-order valence-corrected chi connectivity index (χ3v) is 3.45. The highest BCUT2D eigenvalue weighted by atomic mass is 16.6. The number of carboxylic acid groups (broad SMARTS) is 1. The second-order valence-corrected chi connectivity index (χ2v) is 6.65. The summed E-state index contributed by atoms with van der Waals surface area (Å²) in [6.45, 7) is 11.2. The number of carbonyl (C=O) groups excluding carboxylic acids is 1. The van der Waals surface area contributed by atoms with Crippen molar-refractivity contribution in [1.29, 1.82) is 0 Å². The zero-order valence-corrected chi connectivity index (χ0v) is 15.4. The van der Waals surface area contributed by atoms with Crippen molar-refractivity contribution in [1.82, 2.24) is 4.90 Å². The van der Waals surface area contributed by atoms with Crippen LogP contribution < -0.4 is 0 Å². The molecule has 0 aromatic heterocycles. The van der Waals surface area contributed by atoms with Gasteiger partial charge >= 0.3 is 12.1 Å². The van der Waals surface area contributed by atoms with Crippen molar-refractivity contribution in [2.24, 2.45) is 0 Å². The number of ether oxygens (including phenoxy) is 1. The molecule has 0 saturated carbocycles. The van der Waals surface area contributed by atoms with E-state index < -0.39 is 23.7 Å². The molecular weight excluding hydrogens is 318 g/mol. The van der Waals surface area contributed by atoms with Gasteiger partial charge in [0.05, 0.1) is 11.6 Å². The number of aliphatic carboxylic acids is 1. The highest BCUT2D eigenvalue weighted by Gasteiger charge is 2.26. The Balaban J connectivity index is 3.22. The normalized spacial score (nSPS) is 13.0. The Morgan fingerprint density at radius 1 is 1.28 bits per heavy atom. The summed E-state index contributed by atoms with van der Waals surface area (Å²) in [5.41, 5.74) is 0.120. The van der Waals surface area contributed by atoms with E-state index in [1.807, 2.05) is 13.0 Å². The monoisotopic (exact) mass is 345 g/mol. The minimum Gasteiger partial charge on any atom is -0.478 e. The van der Waals surface area contributed by atoms with Gasteiger partial charge in [0.1, 0.15) is 5.60 Å². The van der Waals surface area contributed by atoms with E-state index in [-0.39, 0.29) is 12.1 Å². The molecule has 136 valence electrons. The lowest BCUT2D eigenvalue weighted by Gasteiger charge is -2.31. The van der Waals surface area contributed by atoms with Crippen molar-refractivity contribution < 1.29 is 19.4 Å². The first-order valence-corrected chi connectivity index (χ1v) is 8.30. The average molecular weight is 345 g/mol. The summed E-state index contributed by atoms with van der Waals surface area (Å²) < 4.78 is 5.45. The maximum atomic E-state index is 12.5. The quantitative estimate of drug-likeness (QED) is 0.589. The van der Waals surface area contributed by atoms with Gasteiger partial charge in [-0.25, -0.2) is 9.59 Å². The molecule has 1 rings (SSSR count). The molecule has 0 bridgehead atoms.